The van der Waals surface area contributed by atoms with Crippen LogP contribution in [0.2, 0.25) is 0 Å². The first-order chi connectivity index (χ1) is 7.51. The molecule has 16 heavy (non-hydrogen) atoms. The second kappa shape index (κ2) is 3.92. The van der Waals surface area contributed by atoms with E-state index in [1.54, 1.807) is 0 Å². The molecule has 0 saturated heterocycles. The monoisotopic (exact) mass is 239 g/mol. The van der Waals surface area contributed by atoms with E-state index in [1.165, 1.54) is 12.5 Å². The fourth-order valence-corrected chi connectivity index (χ4v) is 2.51. The number of hydrogen-bond donors (Lipinski definition) is 1. The molecule has 0 aliphatic heterocycles. The van der Waals surface area contributed by atoms with Crippen LogP contribution in [-0.4, -0.2) is 14.7 Å². The summed E-state index contributed by atoms with van der Waals surface area (Å²) < 4.78 is 27.8. The molecule has 1 aromatic heterocycles. The van der Waals surface area contributed by atoms with Crippen LogP contribution in [-0.2, 0) is 22.1 Å². The predicted octanol–water partition coefficient (Wildman–Crippen LogP) is 1.44. The topological polar surface area (TPSA) is 73.3 Å². The van der Waals surface area contributed by atoms with E-state index in [9.17, 15) is 8.42 Å². The molecule has 0 aliphatic rings. The van der Waals surface area contributed by atoms with Crippen molar-refractivity contribution in [2.45, 2.75) is 12.3 Å². The van der Waals surface area contributed by atoms with E-state index in [4.69, 9.17) is 10.2 Å². The third-order valence-corrected chi connectivity index (χ3v) is 3.23. The van der Waals surface area contributed by atoms with Gasteiger partial charge < -0.3 is 10.2 Å². The molecule has 1 aromatic carbocycles. The number of para-hydroxylation sites is 1. The second-order valence-electron chi connectivity index (χ2n) is 3.83. The summed E-state index contributed by atoms with van der Waals surface area (Å²) in [7, 11) is -3.05. The Bertz CT molecular complexity index is 613. The predicted molar refractivity (Wildman–Crippen MR) is 62.7 cm³/mol. The van der Waals surface area contributed by atoms with Crippen molar-refractivity contribution in [3.63, 3.8) is 0 Å². The fourth-order valence-electron chi connectivity index (χ4n) is 1.73. The molecule has 5 heteroatoms. The van der Waals surface area contributed by atoms with Crippen molar-refractivity contribution in [1.29, 1.82) is 0 Å². The Morgan fingerprint density at radius 3 is 2.69 bits per heavy atom. The molecule has 4 nitrogen and oxygen atoms in total. The molecule has 1 heterocycles. The Morgan fingerprint density at radius 2 is 2.06 bits per heavy atom. The van der Waals surface area contributed by atoms with Crippen molar-refractivity contribution in [1.82, 2.24) is 0 Å². The molecule has 2 aromatic rings. The highest BCUT2D eigenvalue weighted by atomic mass is 32.2. The van der Waals surface area contributed by atoms with E-state index in [-0.39, 0.29) is 5.75 Å². The normalized spacial score (nSPS) is 12.1. The molecule has 86 valence electrons. The van der Waals surface area contributed by atoms with Gasteiger partial charge in [0.25, 0.3) is 0 Å². The number of sulfone groups is 1. The molecular weight excluding hydrogens is 226 g/mol. The second-order valence-corrected chi connectivity index (χ2v) is 5.97. The van der Waals surface area contributed by atoms with Crippen LogP contribution in [0.3, 0.4) is 0 Å². The summed E-state index contributed by atoms with van der Waals surface area (Å²) in [6.45, 7) is 0.378. The van der Waals surface area contributed by atoms with E-state index < -0.39 is 9.84 Å². The average Bonchev–Trinajstić information content (AvgIpc) is 2.59. The van der Waals surface area contributed by atoms with E-state index >= 15 is 0 Å². The summed E-state index contributed by atoms with van der Waals surface area (Å²) in [5, 5.41) is 0.827. The maximum Gasteiger partial charge on any atom is 0.151 e. The highest BCUT2D eigenvalue weighted by molar-refractivity contribution is 7.89. The van der Waals surface area contributed by atoms with Crippen LogP contribution >= 0.6 is 0 Å². The molecule has 0 unspecified atom stereocenters. The van der Waals surface area contributed by atoms with E-state index in [1.807, 2.05) is 18.2 Å². The molecule has 0 aliphatic carbocycles. The van der Waals surface area contributed by atoms with Gasteiger partial charge in [-0.25, -0.2) is 8.42 Å². The van der Waals surface area contributed by atoms with Gasteiger partial charge in [-0.1, -0.05) is 18.2 Å². The minimum atomic E-state index is -3.05. The summed E-state index contributed by atoms with van der Waals surface area (Å²) in [6, 6.07) is 5.57. The van der Waals surface area contributed by atoms with E-state index in [2.05, 4.69) is 0 Å². The lowest BCUT2D eigenvalue weighted by atomic mass is 10.1. The lowest BCUT2D eigenvalue weighted by Crippen LogP contribution is -2.00. The zero-order chi connectivity index (χ0) is 11.8. The van der Waals surface area contributed by atoms with Gasteiger partial charge in [0.15, 0.2) is 9.84 Å². The van der Waals surface area contributed by atoms with Gasteiger partial charge in [0.1, 0.15) is 5.58 Å². The first-order valence-corrected chi connectivity index (χ1v) is 6.93. The number of rotatable bonds is 3. The number of benzene rings is 1. The van der Waals surface area contributed by atoms with Gasteiger partial charge in [-0.15, -0.1) is 0 Å². The van der Waals surface area contributed by atoms with Gasteiger partial charge in [0.2, 0.25) is 0 Å². The Balaban J connectivity index is 2.58. The van der Waals surface area contributed by atoms with E-state index in [0.29, 0.717) is 17.7 Å². The molecule has 0 radical (unpaired) electrons. The lowest BCUT2D eigenvalue weighted by molar-refractivity contribution is 0.595. The van der Waals surface area contributed by atoms with Crippen molar-refractivity contribution >= 4 is 20.8 Å². The summed E-state index contributed by atoms with van der Waals surface area (Å²) in [4.78, 5) is 0. The third kappa shape index (κ3) is 2.10. The van der Waals surface area contributed by atoms with Crippen molar-refractivity contribution < 1.29 is 12.8 Å². The summed E-state index contributed by atoms with van der Waals surface area (Å²) in [6.07, 6.45) is 2.70. The average molecular weight is 239 g/mol. The Hall–Kier alpha value is -1.33. The van der Waals surface area contributed by atoms with Gasteiger partial charge in [-0.3, -0.25) is 0 Å². The highest BCUT2D eigenvalue weighted by Gasteiger charge is 2.12. The maximum atomic E-state index is 11.2. The van der Waals surface area contributed by atoms with Crippen molar-refractivity contribution in [2.24, 2.45) is 5.73 Å². The number of nitrogens with two attached hydrogens (primary N) is 1. The summed E-state index contributed by atoms with van der Waals surface area (Å²) >= 11 is 0. The van der Waals surface area contributed by atoms with Crippen LogP contribution in [0.4, 0.5) is 0 Å². The Kier molecular flexibility index (Phi) is 2.73. The van der Waals surface area contributed by atoms with Gasteiger partial charge >= 0.3 is 0 Å². The summed E-state index contributed by atoms with van der Waals surface area (Å²) in [5.41, 5.74) is 7.83. The van der Waals surface area contributed by atoms with Crippen LogP contribution in [0, 0.1) is 0 Å². The van der Waals surface area contributed by atoms with Gasteiger partial charge in [-0.05, 0) is 0 Å². The fraction of sp³-hybridized carbons (Fsp3) is 0.273. The van der Waals surface area contributed by atoms with Crippen molar-refractivity contribution in [3.8, 4) is 0 Å². The molecule has 2 rings (SSSR count). The first-order valence-electron chi connectivity index (χ1n) is 4.87. The van der Waals surface area contributed by atoms with Crippen LogP contribution in [0.1, 0.15) is 11.1 Å². The van der Waals surface area contributed by atoms with Gasteiger partial charge in [0.05, 0.1) is 12.0 Å². The highest BCUT2D eigenvalue weighted by Crippen LogP contribution is 2.25. The van der Waals surface area contributed by atoms with Gasteiger partial charge in [0, 0.05) is 29.3 Å². The first kappa shape index (κ1) is 11.2. The molecule has 0 saturated carbocycles. The molecule has 0 bridgehead atoms. The Labute approximate surface area is 94.0 Å². The largest absolute Gasteiger partial charge is 0.464 e. The standard InChI is InChI=1S/C11H13NO3S/c1-16(13,14)7-9-6-15-11-8(5-12)3-2-4-10(9)11/h2-4,6H,5,7,12H2,1H3. The molecule has 0 fully saturated rings. The van der Waals surface area contributed by atoms with Crippen LogP contribution in [0.15, 0.2) is 28.9 Å². The minimum absolute atomic E-state index is 0.00593. The Morgan fingerprint density at radius 1 is 1.31 bits per heavy atom. The van der Waals surface area contributed by atoms with Crippen molar-refractivity contribution in [3.05, 3.63) is 35.6 Å². The molecule has 0 atom stereocenters. The third-order valence-electron chi connectivity index (χ3n) is 2.40. The lowest BCUT2D eigenvalue weighted by Gasteiger charge is -1.98. The minimum Gasteiger partial charge on any atom is -0.464 e. The van der Waals surface area contributed by atoms with Crippen molar-refractivity contribution in [2.75, 3.05) is 6.26 Å². The molecule has 0 spiro atoms. The number of hydrogen-bond acceptors (Lipinski definition) is 4. The zero-order valence-electron chi connectivity index (χ0n) is 8.93. The van der Waals surface area contributed by atoms with Gasteiger partial charge in [-0.2, -0.15) is 0 Å². The molecule has 2 N–H and O–H groups in total. The van der Waals surface area contributed by atoms with Crippen LogP contribution in [0.25, 0.3) is 11.0 Å². The number of fused-ring (bicyclic) bond motifs is 1. The van der Waals surface area contributed by atoms with E-state index in [0.717, 1.165) is 10.9 Å². The summed E-state index contributed by atoms with van der Waals surface area (Å²) in [5.74, 6) is -0.00593. The zero-order valence-corrected chi connectivity index (χ0v) is 9.75. The smallest absolute Gasteiger partial charge is 0.151 e. The molecular formula is C11H13NO3S. The van der Waals surface area contributed by atoms with Crippen LogP contribution < -0.4 is 5.73 Å². The molecule has 0 amide bonds. The number of furan rings is 1. The quantitative estimate of drug-likeness (QED) is 0.879. The SMILES string of the molecule is CS(=O)(=O)Cc1coc2c(CN)cccc12. The van der Waals surface area contributed by atoms with Crippen LogP contribution in [0.5, 0.6) is 0 Å². The maximum absolute atomic E-state index is 11.2.